The standard InChI is InChI=1S/C34H30FN3O5S/c1-21-17-22(2)32(23(3)18-21)43-34-28(33(39)38-44(40,41)31-12-8-9-24(4)36-31)15-16-30(37-34)27-14-13-26(19-29(27)35)42-20-25-10-6-5-7-11-25/h5-19H,20H2,1-4H3,(H,38,39). The maximum atomic E-state index is 15.4. The second-order valence-corrected chi connectivity index (χ2v) is 12.0. The summed E-state index contributed by atoms with van der Waals surface area (Å²) in [6, 6.07) is 25.0. The lowest BCUT2D eigenvalue weighted by Crippen LogP contribution is -2.31. The van der Waals surface area contributed by atoms with Gasteiger partial charge in [-0.2, -0.15) is 8.42 Å². The second kappa shape index (κ2) is 12.6. The normalized spacial score (nSPS) is 11.2. The highest BCUT2D eigenvalue weighted by Gasteiger charge is 2.25. The summed E-state index contributed by atoms with van der Waals surface area (Å²) in [4.78, 5) is 21.9. The number of rotatable bonds is 9. The third kappa shape index (κ3) is 6.92. The Kier molecular flexibility index (Phi) is 8.73. The molecule has 2 aromatic heterocycles. The van der Waals surface area contributed by atoms with Gasteiger partial charge in [-0.05, 0) is 80.8 Å². The van der Waals surface area contributed by atoms with E-state index in [0.29, 0.717) is 17.2 Å². The van der Waals surface area contributed by atoms with Crippen molar-refractivity contribution in [2.24, 2.45) is 0 Å². The third-order valence-electron chi connectivity index (χ3n) is 6.74. The van der Waals surface area contributed by atoms with E-state index in [2.05, 4.69) is 9.97 Å². The highest BCUT2D eigenvalue weighted by Crippen LogP contribution is 2.34. The molecule has 0 saturated heterocycles. The summed E-state index contributed by atoms with van der Waals surface area (Å²) in [5, 5.41) is -0.306. The Labute approximate surface area is 255 Å². The first kappa shape index (κ1) is 30.4. The molecular weight excluding hydrogens is 581 g/mol. The first-order valence-corrected chi connectivity index (χ1v) is 15.2. The van der Waals surface area contributed by atoms with Crippen LogP contribution in [0.15, 0.2) is 96.0 Å². The number of nitrogens with one attached hydrogen (secondary N) is 1. The second-order valence-electron chi connectivity index (χ2n) is 10.3. The monoisotopic (exact) mass is 611 g/mol. The zero-order valence-electron chi connectivity index (χ0n) is 24.6. The molecule has 0 aliphatic carbocycles. The van der Waals surface area contributed by atoms with E-state index in [4.69, 9.17) is 9.47 Å². The SMILES string of the molecule is Cc1cc(C)c(Oc2nc(-c3ccc(OCc4ccccc4)cc3F)ccc2C(=O)NS(=O)(=O)c2cccc(C)n2)c(C)c1. The Morgan fingerprint density at radius 3 is 2.25 bits per heavy atom. The van der Waals surface area contributed by atoms with Gasteiger partial charge in [-0.25, -0.2) is 19.1 Å². The molecule has 0 radical (unpaired) electrons. The van der Waals surface area contributed by atoms with Crippen LogP contribution in [0.25, 0.3) is 11.3 Å². The Morgan fingerprint density at radius 2 is 1.57 bits per heavy atom. The fourth-order valence-corrected chi connectivity index (χ4v) is 5.68. The molecular formula is C34H30FN3O5S. The van der Waals surface area contributed by atoms with Crippen LogP contribution >= 0.6 is 0 Å². The van der Waals surface area contributed by atoms with Gasteiger partial charge in [0.2, 0.25) is 5.88 Å². The number of sulfonamides is 1. The number of amides is 1. The smallest absolute Gasteiger partial charge is 0.281 e. The minimum absolute atomic E-state index is 0.141. The van der Waals surface area contributed by atoms with Crippen LogP contribution in [-0.4, -0.2) is 24.3 Å². The number of pyridine rings is 2. The van der Waals surface area contributed by atoms with E-state index in [0.717, 1.165) is 22.3 Å². The summed E-state index contributed by atoms with van der Waals surface area (Å²) in [6.45, 7) is 7.56. The molecule has 44 heavy (non-hydrogen) atoms. The van der Waals surface area contributed by atoms with Crippen LogP contribution in [0.5, 0.6) is 17.4 Å². The summed E-state index contributed by atoms with van der Waals surface area (Å²) < 4.78 is 55.3. The Hall–Kier alpha value is -5.09. The van der Waals surface area contributed by atoms with Crippen molar-refractivity contribution in [2.75, 3.05) is 0 Å². The molecule has 0 atom stereocenters. The molecule has 224 valence electrons. The van der Waals surface area contributed by atoms with E-state index in [-0.39, 0.29) is 34.3 Å². The molecule has 3 aromatic carbocycles. The quantitative estimate of drug-likeness (QED) is 0.191. The van der Waals surface area contributed by atoms with Crippen molar-refractivity contribution in [2.45, 2.75) is 39.3 Å². The van der Waals surface area contributed by atoms with Gasteiger partial charge in [0.15, 0.2) is 5.03 Å². The molecule has 8 nitrogen and oxygen atoms in total. The summed E-state index contributed by atoms with van der Waals surface area (Å²) in [5.74, 6) is -0.978. The van der Waals surface area contributed by atoms with Gasteiger partial charge < -0.3 is 9.47 Å². The fraction of sp³-hybridized carbons (Fsp3) is 0.147. The fourth-order valence-electron chi connectivity index (χ4n) is 4.70. The Morgan fingerprint density at radius 1 is 0.841 bits per heavy atom. The lowest BCUT2D eigenvalue weighted by Gasteiger charge is -2.16. The number of nitrogens with zero attached hydrogens (tertiary/aromatic N) is 2. The van der Waals surface area contributed by atoms with Crippen LogP contribution in [0.1, 0.15) is 38.3 Å². The van der Waals surface area contributed by atoms with Crippen molar-refractivity contribution in [1.82, 2.24) is 14.7 Å². The van der Waals surface area contributed by atoms with Crippen molar-refractivity contribution in [3.05, 3.63) is 130 Å². The molecule has 0 spiro atoms. The van der Waals surface area contributed by atoms with Gasteiger partial charge in [-0.3, -0.25) is 4.79 Å². The molecule has 1 amide bonds. The van der Waals surface area contributed by atoms with Crippen LogP contribution in [0.4, 0.5) is 4.39 Å². The maximum absolute atomic E-state index is 15.4. The molecule has 0 saturated carbocycles. The van der Waals surface area contributed by atoms with E-state index >= 15 is 4.39 Å². The van der Waals surface area contributed by atoms with Gasteiger partial charge >= 0.3 is 0 Å². The number of aromatic nitrogens is 2. The van der Waals surface area contributed by atoms with Gasteiger partial charge in [0.25, 0.3) is 15.9 Å². The summed E-state index contributed by atoms with van der Waals surface area (Å²) in [6.07, 6.45) is 0. The number of halogens is 1. The van der Waals surface area contributed by atoms with Crippen LogP contribution in [0.2, 0.25) is 0 Å². The number of hydrogen-bond acceptors (Lipinski definition) is 7. The lowest BCUT2D eigenvalue weighted by molar-refractivity contribution is 0.0978. The summed E-state index contributed by atoms with van der Waals surface area (Å²) >= 11 is 0. The van der Waals surface area contributed by atoms with Crippen LogP contribution in [0.3, 0.4) is 0 Å². The van der Waals surface area contributed by atoms with Gasteiger partial charge in [-0.15, -0.1) is 0 Å². The molecule has 0 unspecified atom stereocenters. The zero-order chi connectivity index (χ0) is 31.4. The first-order chi connectivity index (χ1) is 21.0. The number of hydrogen-bond donors (Lipinski definition) is 1. The van der Waals surface area contributed by atoms with Crippen molar-refractivity contribution >= 4 is 15.9 Å². The lowest BCUT2D eigenvalue weighted by atomic mass is 10.1. The number of aryl methyl sites for hydroxylation is 4. The predicted octanol–water partition coefficient (Wildman–Crippen LogP) is 7.01. The molecule has 0 fully saturated rings. The van der Waals surface area contributed by atoms with Crippen molar-refractivity contribution in [1.29, 1.82) is 0 Å². The minimum Gasteiger partial charge on any atom is -0.489 e. The molecule has 0 aliphatic rings. The molecule has 10 heteroatoms. The number of carbonyl (C=O) groups excluding carboxylic acids is 1. The van der Waals surface area contributed by atoms with E-state index in [9.17, 15) is 13.2 Å². The maximum Gasteiger partial charge on any atom is 0.281 e. The molecule has 2 heterocycles. The molecule has 5 rings (SSSR count). The van der Waals surface area contributed by atoms with Gasteiger partial charge in [0.1, 0.15) is 29.5 Å². The van der Waals surface area contributed by atoms with Crippen molar-refractivity contribution in [3.8, 4) is 28.6 Å². The van der Waals surface area contributed by atoms with Gasteiger partial charge in [-0.1, -0.05) is 54.1 Å². The first-order valence-electron chi connectivity index (χ1n) is 13.7. The highest BCUT2D eigenvalue weighted by molar-refractivity contribution is 7.90. The number of carbonyl (C=O) groups is 1. The molecule has 1 N–H and O–H groups in total. The Balaban J connectivity index is 1.49. The van der Waals surface area contributed by atoms with E-state index in [1.807, 2.05) is 68.0 Å². The average Bonchev–Trinajstić information content (AvgIpc) is 2.98. The highest BCUT2D eigenvalue weighted by atomic mass is 32.2. The topological polar surface area (TPSA) is 107 Å². The summed E-state index contributed by atoms with van der Waals surface area (Å²) in [7, 11) is -4.31. The van der Waals surface area contributed by atoms with Crippen LogP contribution < -0.4 is 14.2 Å². The van der Waals surface area contributed by atoms with Gasteiger partial charge in [0, 0.05) is 17.3 Å². The number of ether oxygens (including phenoxy) is 2. The van der Waals surface area contributed by atoms with E-state index in [1.54, 1.807) is 19.1 Å². The van der Waals surface area contributed by atoms with E-state index in [1.165, 1.54) is 36.4 Å². The van der Waals surface area contributed by atoms with Crippen molar-refractivity contribution < 1.29 is 27.1 Å². The minimum atomic E-state index is -4.31. The third-order valence-corrected chi connectivity index (χ3v) is 7.97. The van der Waals surface area contributed by atoms with Crippen LogP contribution in [0, 0.1) is 33.5 Å². The largest absolute Gasteiger partial charge is 0.489 e. The molecule has 5 aromatic rings. The Bertz CT molecular complexity index is 1940. The van der Waals surface area contributed by atoms with E-state index < -0.39 is 21.7 Å². The van der Waals surface area contributed by atoms with Crippen LogP contribution in [-0.2, 0) is 16.6 Å². The summed E-state index contributed by atoms with van der Waals surface area (Å²) in [5.41, 5.74) is 4.15. The van der Waals surface area contributed by atoms with Gasteiger partial charge in [0.05, 0.1) is 5.69 Å². The molecule has 0 bridgehead atoms. The predicted molar refractivity (Wildman–Crippen MR) is 165 cm³/mol. The van der Waals surface area contributed by atoms with Crippen molar-refractivity contribution in [3.63, 3.8) is 0 Å². The number of benzene rings is 3. The zero-order valence-corrected chi connectivity index (χ0v) is 25.4. The average molecular weight is 612 g/mol. The molecule has 0 aliphatic heterocycles.